The maximum Gasteiger partial charge on any atom is 0.308 e. The van der Waals surface area contributed by atoms with E-state index in [1.165, 1.54) is 0 Å². The van der Waals surface area contributed by atoms with Gasteiger partial charge in [0.2, 0.25) is 5.82 Å². The van der Waals surface area contributed by atoms with Crippen LogP contribution in [0.25, 0.3) is 11.4 Å². The van der Waals surface area contributed by atoms with Crippen molar-refractivity contribution in [1.29, 1.82) is 0 Å². The molecule has 1 N–H and O–H groups in total. The third-order valence-corrected chi connectivity index (χ3v) is 5.06. The van der Waals surface area contributed by atoms with Gasteiger partial charge in [0.25, 0.3) is 11.8 Å². The number of nitrogens with zero attached hydrogens (tertiary/aromatic N) is 2. The number of nitrogens with one attached hydrogen (secondary N) is 1. The first kappa shape index (κ1) is 22.2. The fraction of sp³-hybridized carbons (Fsp3) is 0.120. The number of carbonyl (C=O) groups excluding carboxylic acids is 2. The van der Waals surface area contributed by atoms with Crippen LogP contribution in [0.5, 0.6) is 0 Å². The highest BCUT2D eigenvalue weighted by Crippen LogP contribution is 2.21. The molecular weight excluding hydrogens is 442 g/mol. The summed E-state index contributed by atoms with van der Waals surface area (Å²) in [4.78, 5) is 29.4. The van der Waals surface area contributed by atoms with Crippen LogP contribution in [0.2, 0.25) is 5.02 Å². The van der Waals surface area contributed by atoms with Crippen LogP contribution in [0.4, 0.5) is 0 Å². The minimum absolute atomic E-state index is 0.0577. The monoisotopic (exact) mass is 461 g/mol. The molecule has 1 aromatic heterocycles. The molecule has 33 heavy (non-hydrogen) atoms. The number of carbonyl (C=O) groups is 2. The Bertz CT molecular complexity index is 1230. The SMILES string of the molecule is O=C(CC(NC(=O)c1ccccc1)c1ccccc1)OCc1nc(-c2cccc(Cl)c2)no1. The van der Waals surface area contributed by atoms with Crippen LogP contribution >= 0.6 is 11.6 Å². The van der Waals surface area contributed by atoms with E-state index >= 15 is 0 Å². The Hall–Kier alpha value is -3.97. The van der Waals surface area contributed by atoms with Crippen molar-refractivity contribution in [2.24, 2.45) is 0 Å². The molecular formula is C25H20ClN3O4. The molecule has 0 spiro atoms. The van der Waals surface area contributed by atoms with Crippen molar-refractivity contribution < 1.29 is 18.8 Å². The molecule has 0 bridgehead atoms. The summed E-state index contributed by atoms with van der Waals surface area (Å²) in [7, 11) is 0. The van der Waals surface area contributed by atoms with Gasteiger partial charge in [-0.3, -0.25) is 9.59 Å². The highest BCUT2D eigenvalue weighted by Gasteiger charge is 2.21. The maximum absolute atomic E-state index is 12.6. The van der Waals surface area contributed by atoms with Crippen LogP contribution in [0.15, 0.2) is 89.5 Å². The summed E-state index contributed by atoms with van der Waals surface area (Å²) in [6.45, 7) is -0.180. The number of benzene rings is 3. The van der Waals surface area contributed by atoms with Gasteiger partial charge in [-0.15, -0.1) is 0 Å². The molecule has 1 unspecified atom stereocenters. The first-order valence-corrected chi connectivity index (χ1v) is 10.6. The topological polar surface area (TPSA) is 94.3 Å². The zero-order valence-electron chi connectivity index (χ0n) is 17.5. The van der Waals surface area contributed by atoms with Gasteiger partial charge in [0.1, 0.15) is 0 Å². The molecule has 0 fully saturated rings. The quantitative estimate of drug-likeness (QED) is 0.371. The van der Waals surface area contributed by atoms with Crippen LogP contribution < -0.4 is 5.32 Å². The average Bonchev–Trinajstić information content (AvgIpc) is 3.33. The Labute approximate surface area is 195 Å². The number of amides is 1. The number of hydrogen-bond donors (Lipinski definition) is 1. The van der Waals surface area contributed by atoms with Crippen LogP contribution in [-0.4, -0.2) is 22.0 Å². The van der Waals surface area contributed by atoms with E-state index in [0.717, 1.165) is 5.56 Å². The molecule has 166 valence electrons. The number of esters is 1. The highest BCUT2D eigenvalue weighted by molar-refractivity contribution is 6.30. The molecule has 0 saturated carbocycles. The smallest absolute Gasteiger partial charge is 0.308 e. The number of rotatable bonds is 8. The molecule has 1 heterocycles. The molecule has 7 nitrogen and oxygen atoms in total. The second-order valence-corrected chi connectivity index (χ2v) is 7.63. The van der Waals surface area contributed by atoms with E-state index < -0.39 is 12.0 Å². The van der Waals surface area contributed by atoms with Crippen molar-refractivity contribution in [3.05, 3.63) is 107 Å². The molecule has 0 aliphatic rings. The number of aromatic nitrogens is 2. The van der Waals surface area contributed by atoms with E-state index in [9.17, 15) is 9.59 Å². The van der Waals surface area contributed by atoms with E-state index in [-0.39, 0.29) is 24.8 Å². The Balaban J connectivity index is 1.39. The molecule has 3 aromatic carbocycles. The number of halogens is 1. The van der Waals surface area contributed by atoms with E-state index in [1.54, 1.807) is 48.5 Å². The lowest BCUT2D eigenvalue weighted by Gasteiger charge is -2.18. The Morgan fingerprint density at radius 3 is 2.42 bits per heavy atom. The minimum Gasteiger partial charge on any atom is -0.455 e. The third-order valence-electron chi connectivity index (χ3n) is 4.82. The van der Waals surface area contributed by atoms with Crippen molar-refractivity contribution in [2.45, 2.75) is 19.1 Å². The minimum atomic E-state index is -0.559. The Kier molecular flexibility index (Phi) is 7.12. The summed E-state index contributed by atoms with van der Waals surface area (Å²) in [6, 6.07) is 24.5. The molecule has 0 aliphatic carbocycles. The van der Waals surface area contributed by atoms with Gasteiger partial charge in [0.05, 0.1) is 12.5 Å². The van der Waals surface area contributed by atoms with Crippen molar-refractivity contribution in [3.63, 3.8) is 0 Å². The molecule has 0 radical (unpaired) electrons. The van der Waals surface area contributed by atoms with Gasteiger partial charge in [-0.25, -0.2) is 0 Å². The van der Waals surface area contributed by atoms with Gasteiger partial charge in [-0.2, -0.15) is 4.98 Å². The lowest BCUT2D eigenvalue weighted by atomic mass is 10.0. The normalized spacial score (nSPS) is 11.5. The predicted molar refractivity (Wildman–Crippen MR) is 122 cm³/mol. The first-order chi connectivity index (χ1) is 16.1. The summed E-state index contributed by atoms with van der Waals surface area (Å²) in [5.74, 6) is -0.288. The van der Waals surface area contributed by atoms with E-state index in [0.29, 0.717) is 22.0 Å². The first-order valence-electron chi connectivity index (χ1n) is 10.2. The van der Waals surface area contributed by atoms with Crippen molar-refractivity contribution >= 4 is 23.5 Å². The average molecular weight is 462 g/mol. The molecule has 1 atom stereocenters. The summed E-state index contributed by atoms with van der Waals surface area (Å²) < 4.78 is 10.5. The van der Waals surface area contributed by atoms with Crippen molar-refractivity contribution in [2.75, 3.05) is 0 Å². The predicted octanol–water partition coefficient (Wildman–Crippen LogP) is 4.99. The second-order valence-electron chi connectivity index (χ2n) is 7.19. The number of hydrogen-bond acceptors (Lipinski definition) is 6. The van der Waals surface area contributed by atoms with Crippen LogP contribution in [0.1, 0.15) is 34.3 Å². The summed E-state index contributed by atoms with van der Waals surface area (Å²) in [5, 5.41) is 7.35. The van der Waals surface area contributed by atoms with Crippen LogP contribution in [0.3, 0.4) is 0 Å². The van der Waals surface area contributed by atoms with Gasteiger partial charge < -0.3 is 14.6 Å². The van der Waals surface area contributed by atoms with Gasteiger partial charge in [0.15, 0.2) is 6.61 Å². The summed E-state index contributed by atoms with van der Waals surface area (Å²) in [6.07, 6.45) is -0.0577. The zero-order chi connectivity index (χ0) is 23.0. The lowest BCUT2D eigenvalue weighted by molar-refractivity contribution is -0.146. The fourth-order valence-electron chi connectivity index (χ4n) is 3.19. The van der Waals surface area contributed by atoms with Gasteiger partial charge in [-0.1, -0.05) is 77.4 Å². The number of ether oxygens (including phenoxy) is 1. The van der Waals surface area contributed by atoms with Gasteiger partial charge in [0, 0.05) is 16.1 Å². The molecule has 4 aromatic rings. The van der Waals surface area contributed by atoms with E-state index in [1.807, 2.05) is 36.4 Å². The highest BCUT2D eigenvalue weighted by atomic mass is 35.5. The molecule has 4 rings (SSSR count). The van der Waals surface area contributed by atoms with Gasteiger partial charge in [-0.05, 0) is 29.8 Å². The van der Waals surface area contributed by atoms with Crippen molar-refractivity contribution in [1.82, 2.24) is 15.5 Å². The third kappa shape index (κ3) is 6.05. The summed E-state index contributed by atoms with van der Waals surface area (Å²) >= 11 is 5.99. The second kappa shape index (κ2) is 10.6. The van der Waals surface area contributed by atoms with Crippen LogP contribution in [0, 0.1) is 0 Å². The molecule has 1 amide bonds. The van der Waals surface area contributed by atoms with E-state index in [2.05, 4.69) is 15.5 Å². The lowest BCUT2D eigenvalue weighted by Crippen LogP contribution is -2.30. The molecule has 0 saturated heterocycles. The van der Waals surface area contributed by atoms with E-state index in [4.69, 9.17) is 20.9 Å². The molecule has 0 aliphatic heterocycles. The van der Waals surface area contributed by atoms with Crippen LogP contribution in [-0.2, 0) is 16.1 Å². The standard InChI is InChI=1S/C25H20ClN3O4/c26-20-13-7-12-19(14-20)24-28-22(33-29-24)16-32-23(30)15-21(17-8-3-1-4-9-17)27-25(31)18-10-5-2-6-11-18/h1-14,21H,15-16H2,(H,27,31). The summed E-state index contributed by atoms with van der Waals surface area (Å²) in [5.41, 5.74) is 1.99. The molecule has 8 heteroatoms. The largest absolute Gasteiger partial charge is 0.455 e. The fourth-order valence-corrected chi connectivity index (χ4v) is 3.39. The van der Waals surface area contributed by atoms with Gasteiger partial charge >= 0.3 is 5.97 Å². The maximum atomic E-state index is 12.6. The van der Waals surface area contributed by atoms with Crippen molar-refractivity contribution in [3.8, 4) is 11.4 Å². The zero-order valence-corrected chi connectivity index (χ0v) is 18.2. The Morgan fingerprint density at radius 1 is 0.970 bits per heavy atom. The Morgan fingerprint density at radius 2 is 1.70 bits per heavy atom.